The summed E-state index contributed by atoms with van der Waals surface area (Å²) in [5.74, 6) is 0.321. The second kappa shape index (κ2) is 6.65. The van der Waals surface area contributed by atoms with E-state index in [0.717, 1.165) is 12.1 Å². The van der Waals surface area contributed by atoms with Gasteiger partial charge in [-0.15, -0.1) is 0 Å². The predicted octanol–water partition coefficient (Wildman–Crippen LogP) is 2.94. The van der Waals surface area contributed by atoms with Crippen LogP contribution in [-0.2, 0) is 0 Å². The Hall–Kier alpha value is -2.43. The van der Waals surface area contributed by atoms with E-state index in [9.17, 15) is 4.79 Å². The smallest absolute Gasteiger partial charge is 0.258 e. The number of nitrogens with one attached hydrogen (secondary N) is 2. The van der Waals surface area contributed by atoms with Gasteiger partial charge in [-0.1, -0.05) is 25.1 Å². The van der Waals surface area contributed by atoms with Crippen molar-refractivity contribution in [3.8, 4) is 0 Å². The van der Waals surface area contributed by atoms with Crippen LogP contribution in [0.25, 0.3) is 0 Å². The van der Waals surface area contributed by atoms with E-state index in [2.05, 4.69) is 34.4 Å². The van der Waals surface area contributed by atoms with Gasteiger partial charge in [0.2, 0.25) is 5.95 Å². The molecule has 0 aliphatic heterocycles. The van der Waals surface area contributed by atoms with Crippen molar-refractivity contribution in [3.05, 3.63) is 48.3 Å². The molecule has 2 rings (SSSR count). The van der Waals surface area contributed by atoms with E-state index in [1.165, 1.54) is 12.4 Å². The number of carbonyl (C=O) groups excluding carboxylic acids is 1. The third-order valence-corrected chi connectivity index (χ3v) is 2.93. The molecule has 5 heteroatoms. The lowest BCUT2D eigenvalue weighted by Gasteiger charge is -2.11. The first-order chi connectivity index (χ1) is 9.69. The van der Waals surface area contributed by atoms with Gasteiger partial charge >= 0.3 is 0 Å². The summed E-state index contributed by atoms with van der Waals surface area (Å²) in [6.07, 6.45) is 4.03. The van der Waals surface area contributed by atoms with Crippen molar-refractivity contribution in [1.82, 2.24) is 9.97 Å². The quantitative estimate of drug-likeness (QED) is 0.876. The van der Waals surface area contributed by atoms with Crippen LogP contribution in [0.3, 0.4) is 0 Å². The van der Waals surface area contributed by atoms with Crippen LogP contribution < -0.4 is 10.6 Å². The summed E-state index contributed by atoms with van der Waals surface area (Å²) < 4.78 is 0. The SMILES string of the molecule is CCC(C)Nc1ncc(C(=O)Nc2ccccc2)cn1. The molecule has 0 saturated carbocycles. The largest absolute Gasteiger partial charge is 0.352 e. The molecule has 0 aliphatic rings. The molecule has 0 aliphatic carbocycles. The van der Waals surface area contributed by atoms with E-state index in [0.29, 0.717) is 17.6 Å². The summed E-state index contributed by atoms with van der Waals surface area (Å²) in [7, 11) is 0. The Labute approximate surface area is 118 Å². The van der Waals surface area contributed by atoms with Gasteiger partial charge in [-0.05, 0) is 25.5 Å². The molecule has 1 heterocycles. The summed E-state index contributed by atoms with van der Waals surface area (Å²) in [5, 5.41) is 5.94. The minimum absolute atomic E-state index is 0.216. The van der Waals surface area contributed by atoms with Crippen LogP contribution in [0.2, 0.25) is 0 Å². The number of hydrogen-bond acceptors (Lipinski definition) is 4. The van der Waals surface area contributed by atoms with Crippen LogP contribution in [-0.4, -0.2) is 21.9 Å². The molecule has 5 nitrogen and oxygen atoms in total. The molecule has 0 fully saturated rings. The summed E-state index contributed by atoms with van der Waals surface area (Å²) >= 11 is 0. The van der Waals surface area contributed by atoms with Gasteiger partial charge in [-0.25, -0.2) is 9.97 Å². The zero-order valence-corrected chi connectivity index (χ0v) is 11.6. The summed E-state index contributed by atoms with van der Waals surface area (Å²) in [5.41, 5.74) is 1.18. The van der Waals surface area contributed by atoms with Gasteiger partial charge in [0.25, 0.3) is 5.91 Å². The van der Waals surface area contributed by atoms with Gasteiger partial charge in [0.05, 0.1) is 5.56 Å². The highest BCUT2D eigenvalue weighted by Gasteiger charge is 2.08. The molecule has 1 amide bonds. The number of aromatic nitrogens is 2. The number of para-hydroxylation sites is 1. The summed E-state index contributed by atoms with van der Waals surface area (Å²) in [4.78, 5) is 20.3. The first-order valence-electron chi connectivity index (χ1n) is 6.64. The van der Waals surface area contributed by atoms with Gasteiger partial charge < -0.3 is 10.6 Å². The molecule has 104 valence electrons. The van der Waals surface area contributed by atoms with Gasteiger partial charge in [0.15, 0.2) is 0 Å². The zero-order chi connectivity index (χ0) is 14.4. The summed E-state index contributed by atoms with van der Waals surface area (Å²) in [6.45, 7) is 4.14. The lowest BCUT2D eigenvalue weighted by atomic mass is 10.2. The van der Waals surface area contributed by atoms with Gasteiger partial charge in [0, 0.05) is 24.1 Å². The third-order valence-electron chi connectivity index (χ3n) is 2.93. The highest BCUT2D eigenvalue weighted by atomic mass is 16.1. The Kier molecular flexibility index (Phi) is 4.65. The van der Waals surface area contributed by atoms with Crippen LogP contribution in [0.15, 0.2) is 42.7 Å². The first kappa shape index (κ1) is 14.0. The number of rotatable bonds is 5. The average Bonchev–Trinajstić information content (AvgIpc) is 2.49. The Morgan fingerprint density at radius 3 is 2.45 bits per heavy atom. The Morgan fingerprint density at radius 2 is 1.85 bits per heavy atom. The monoisotopic (exact) mass is 270 g/mol. The van der Waals surface area contributed by atoms with E-state index < -0.39 is 0 Å². The highest BCUT2D eigenvalue weighted by molar-refractivity contribution is 6.03. The molecular weight excluding hydrogens is 252 g/mol. The maximum atomic E-state index is 12.0. The van der Waals surface area contributed by atoms with Gasteiger partial charge in [-0.3, -0.25) is 4.79 Å². The molecule has 1 aromatic carbocycles. The maximum absolute atomic E-state index is 12.0. The lowest BCUT2D eigenvalue weighted by Crippen LogP contribution is -2.17. The third kappa shape index (κ3) is 3.78. The molecule has 20 heavy (non-hydrogen) atoms. The van der Waals surface area contributed by atoms with Gasteiger partial charge in [0.1, 0.15) is 0 Å². The zero-order valence-electron chi connectivity index (χ0n) is 11.6. The lowest BCUT2D eigenvalue weighted by molar-refractivity contribution is 0.102. The molecule has 0 saturated heterocycles. The van der Waals surface area contributed by atoms with E-state index >= 15 is 0 Å². The van der Waals surface area contributed by atoms with Crippen molar-refractivity contribution in [3.63, 3.8) is 0 Å². The van der Waals surface area contributed by atoms with Crippen LogP contribution in [0.1, 0.15) is 30.6 Å². The van der Waals surface area contributed by atoms with Crippen LogP contribution in [0, 0.1) is 0 Å². The average molecular weight is 270 g/mol. The topological polar surface area (TPSA) is 66.9 Å². The van der Waals surface area contributed by atoms with Gasteiger partial charge in [-0.2, -0.15) is 0 Å². The fraction of sp³-hybridized carbons (Fsp3) is 0.267. The van der Waals surface area contributed by atoms with Crippen LogP contribution in [0.4, 0.5) is 11.6 Å². The van der Waals surface area contributed by atoms with E-state index in [4.69, 9.17) is 0 Å². The number of benzene rings is 1. The second-order valence-electron chi connectivity index (χ2n) is 4.57. The molecule has 1 aromatic heterocycles. The molecule has 1 unspecified atom stereocenters. The molecule has 0 spiro atoms. The number of amides is 1. The van der Waals surface area contributed by atoms with Crippen molar-refractivity contribution in [2.45, 2.75) is 26.3 Å². The fourth-order valence-corrected chi connectivity index (χ4v) is 1.57. The summed E-state index contributed by atoms with van der Waals surface area (Å²) in [6, 6.07) is 9.60. The number of carbonyl (C=O) groups is 1. The van der Waals surface area contributed by atoms with Crippen LogP contribution >= 0.6 is 0 Å². The molecular formula is C15H18N4O. The molecule has 2 aromatic rings. The highest BCUT2D eigenvalue weighted by Crippen LogP contribution is 2.09. The Bertz CT molecular complexity index is 554. The van der Waals surface area contributed by atoms with Crippen molar-refractivity contribution in [2.24, 2.45) is 0 Å². The second-order valence-corrected chi connectivity index (χ2v) is 4.57. The number of nitrogens with zero attached hydrogens (tertiary/aromatic N) is 2. The van der Waals surface area contributed by atoms with Crippen molar-refractivity contribution < 1.29 is 4.79 Å². The minimum atomic E-state index is -0.216. The van der Waals surface area contributed by atoms with Crippen LogP contribution in [0.5, 0.6) is 0 Å². The Balaban J connectivity index is 2.01. The molecule has 1 atom stereocenters. The molecule has 0 radical (unpaired) electrons. The Morgan fingerprint density at radius 1 is 1.20 bits per heavy atom. The van der Waals surface area contributed by atoms with E-state index in [1.807, 2.05) is 30.3 Å². The van der Waals surface area contributed by atoms with Crippen molar-refractivity contribution in [1.29, 1.82) is 0 Å². The molecule has 2 N–H and O–H groups in total. The normalized spacial score (nSPS) is 11.7. The molecule has 0 bridgehead atoms. The minimum Gasteiger partial charge on any atom is -0.352 e. The predicted molar refractivity (Wildman–Crippen MR) is 79.8 cm³/mol. The van der Waals surface area contributed by atoms with Crippen molar-refractivity contribution >= 4 is 17.5 Å². The maximum Gasteiger partial charge on any atom is 0.258 e. The van der Waals surface area contributed by atoms with Crippen molar-refractivity contribution in [2.75, 3.05) is 10.6 Å². The standard InChI is InChI=1S/C15H18N4O/c1-3-11(2)18-15-16-9-12(10-17-15)14(20)19-13-7-5-4-6-8-13/h4-11H,3H2,1-2H3,(H,19,20)(H,16,17,18). The number of hydrogen-bond donors (Lipinski definition) is 2. The van der Waals surface area contributed by atoms with E-state index in [1.54, 1.807) is 0 Å². The van der Waals surface area contributed by atoms with E-state index in [-0.39, 0.29) is 5.91 Å². The first-order valence-corrected chi connectivity index (χ1v) is 6.64. The number of anilines is 2. The fourth-order valence-electron chi connectivity index (χ4n) is 1.57.